The molecule has 4 heteroatoms. The van der Waals surface area contributed by atoms with Crippen molar-refractivity contribution in [3.8, 4) is 11.5 Å². The minimum Gasteiger partial charge on any atom is -0.486 e. The summed E-state index contributed by atoms with van der Waals surface area (Å²) in [6.07, 6.45) is 1.15. The molecule has 1 N–H and O–H groups in total. The summed E-state index contributed by atoms with van der Waals surface area (Å²) in [5.74, 6) is 1.72. The lowest BCUT2D eigenvalue weighted by Gasteiger charge is -2.28. The predicted octanol–water partition coefficient (Wildman–Crippen LogP) is 2.03. The van der Waals surface area contributed by atoms with Crippen molar-refractivity contribution >= 4 is 5.69 Å². The molecule has 1 unspecified atom stereocenters. The molecule has 1 atom stereocenters. The van der Waals surface area contributed by atoms with Gasteiger partial charge in [-0.3, -0.25) is 0 Å². The molecule has 4 nitrogen and oxygen atoms in total. The van der Waals surface area contributed by atoms with Crippen LogP contribution in [0.2, 0.25) is 0 Å². The van der Waals surface area contributed by atoms with Crippen LogP contribution in [-0.2, 0) is 0 Å². The van der Waals surface area contributed by atoms with Crippen LogP contribution in [0.25, 0.3) is 0 Å². The number of hydrogen-bond acceptors (Lipinski definition) is 4. The fourth-order valence-electron chi connectivity index (χ4n) is 2.86. The largest absolute Gasteiger partial charge is 0.486 e. The molecule has 0 bridgehead atoms. The normalized spacial score (nSPS) is 24.3. The van der Waals surface area contributed by atoms with Crippen molar-refractivity contribution in [1.82, 2.24) is 5.32 Å². The van der Waals surface area contributed by atoms with Gasteiger partial charge >= 0.3 is 0 Å². The number of rotatable bonds is 2. The number of nitrogens with one attached hydrogen (secondary N) is 1. The Morgan fingerprint density at radius 1 is 1.21 bits per heavy atom. The standard InChI is InChI=1S/C15H22N2O2/c1-15(2)9-12(10-16-15)17(3)11-4-5-13-14(8-11)19-7-6-18-13/h4-5,8,12,16H,6-7,9-10H2,1-3H3. The topological polar surface area (TPSA) is 33.7 Å². The number of fused-ring (bicyclic) bond motifs is 1. The monoisotopic (exact) mass is 262 g/mol. The third kappa shape index (κ3) is 2.50. The molecule has 0 aliphatic carbocycles. The maximum Gasteiger partial charge on any atom is 0.163 e. The summed E-state index contributed by atoms with van der Waals surface area (Å²) in [4.78, 5) is 2.33. The summed E-state index contributed by atoms with van der Waals surface area (Å²) in [5, 5.41) is 3.56. The zero-order chi connectivity index (χ0) is 13.5. The van der Waals surface area contributed by atoms with Crippen molar-refractivity contribution in [2.75, 3.05) is 31.7 Å². The van der Waals surface area contributed by atoms with Gasteiger partial charge in [0.15, 0.2) is 11.5 Å². The number of likely N-dealkylation sites (N-methyl/N-ethyl adjacent to an activating group) is 1. The summed E-state index contributed by atoms with van der Waals surface area (Å²) >= 11 is 0. The van der Waals surface area contributed by atoms with E-state index in [4.69, 9.17) is 9.47 Å². The molecule has 2 aliphatic rings. The molecular weight excluding hydrogens is 240 g/mol. The first-order chi connectivity index (χ1) is 9.05. The van der Waals surface area contributed by atoms with E-state index in [-0.39, 0.29) is 5.54 Å². The van der Waals surface area contributed by atoms with Gasteiger partial charge in [-0.05, 0) is 32.4 Å². The van der Waals surface area contributed by atoms with Crippen LogP contribution in [0.1, 0.15) is 20.3 Å². The smallest absolute Gasteiger partial charge is 0.163 e. The van der Waals surface area contributed by atoms with E-state index in [0.29, 0.717) is 19.3 Å². The summed E-state index contributed by atoms with van der Waals surface area (Å²) < 4.78 is 11.2. The van der Waals surface area contributed by atoms with Gasteiger partial charge < -0.3 is 19.7 Å². The highest BCUT2D eigenvalue weighted by atomic mass is 16.6. The first-order valence-corrected chi connectivity index (χ1v) is 6.93. The number of ether oxygens (including phenoxy) is 2. The second-order valence-corrected chi connectivity index (χ2v) is 6.06. The summed E-state index contributed by atoms with van der Waals surface area (Å²) in [5.41, 5.74) is 1.42. The third-order valence-corrected chi connectivity index (χ3v) is 4.04. The van der Waals surface area contributed by atoms with Crippen molar-refractivity contribution in [2.45, 2.75) is 31.8 Å². The molecule has 1 fully saturated rings. The van der Waals surface area contributed by atoms with E-state index in [1.165, 1.54) is 5.69 Å². The van der Waals surface area contributed by atoms with Crippen molar-refractivity contribution in [2.24, 2.45) is 0 Å². The number of nitrogens with zero attached hydrogens (tertiary/aromatic N) is 1. The van der Waals surface area contributed by atoms with Gasteiger partial charge in [0.2, 0.25) is 0 Å². The van der Waals surface area contributed by atoms with Crippen LogP contribution in [0.3, 0.4) is 0 Å². The van der Waals surface area contributed by atoms with E-state index in [0.717, 1.165) is 24.5 Å². The molecule has 1 aromatic carbocycles. The molecule has 0 saturated carbocycles. The van der Waals surface area contributed by atoms with Gasteiger partial charge in [-0.2, -0.15) is 0 Å². The average Bonchev–Trinajstić information content (AvgIpc) is 2.78. The zero-order valence-electron chi connectivity index (χ0n) is 11.9. The summed E-state index contributed by atoms with van der Waals surface area (Å²) in [6.45, 7) is 6.81. The Kier molecular flexibility index (Phi) is 3.05. The molecular formula is C15H22N2O2. The Labute approximate surface area is 114 Å². The zero-order valence-corrected chi connectivity index (χ0v) is 11.9. The molecule has 0 radical (unpaired) electrons. The quantitative estimate of drug-likeness (QED) is 0.884. The maximum atomic E-state index is 5.65. The van der Waals surface area contributed by atoms with Gasteiger partial charge in [0.25, 0.3) is 0 Å². The van der Waals surface area contributed by atoms with Crippen LogP contribution in [0.15, 0.2) is 18.2 Å². The van der Waals surface area contributed by atoms with Crippen LogP contribution < -0.4 is 19.7 Å². The molecule has 19 heavy (non-hydrogen) atoms. The lowest BCUT2D eigenvalue weighted by Crippen LogP contribution is -2.33. The van der Waals surface area contributed by atoms with Gasteiger partial charge in [0, 0.05) is 36.9 Å². The first kappa shape index (κ1) is 12.6. The minimum atomic E-state index is 0.229. The third-order valence-electron chi connectivity index (χ3n) is 4.04. The van der Waals surface area contributed by atoms with Gasteiger partial charge in [-0.25, -0.2) is 0 Å². The van der Waals surface area contributed by atoms with Gasteiger partial charge in [0.05, 0.1) is 0 Å². The lowest BCUT2D eigenvalue weighted by molar-refractivity contribution is 0.171. The molecule has 3 rings (SSSR count). The first-order valence-electron chi connectivity index (χ1n) is 6.93. The second kappa shape index (κ2) is 4.60. The van der Waals surface area contributed by atoms with E-state index in [9.17, 15) is 0 Å². The minimum absolute atomic E-state index is 0.229. The molecule has 0 aromatic heterocycles. The van der Waals surface area contributed by atoms with E-state index in [2.05, 4.69) is 43.2 Å². The molecule has 104 valence electrons. The van der Waals surface area contributed by atoms with Crippen molar-refractivity contribution in [1.29, 1.82) is 0 Å². The van der Waals surface area contributed by atoms with E-state index in [1.807, 2.05) is 6.07 Å². The van der Waals surface area contributed by atoms with Crippen molar-refractivity contribution in [3.63, 3.8) is 0 Å². The van der Waals surface area contributed by atoms with Crippen molar-refractivity contribution in [3.05, 3.63) is 18.2 Å². The molecule has 2 heterocycles. The SMILES string of the molecule is CN(c1ccc2c(c1)OCCO2)C1CNC(C)(C)C1. The predicted molar refractivity (Wildman–Crippen MR) is 76.3 cm³/mol. The van der Waals surface area contributed by atoms with E-state index < -0.39 is 0 Å². The number of benzene rings is 1. The Bertz CT molecular complexity index is 473. The Balaban J connectivity index is 1.78. The highest BCUT2D eigenvalue weighted by Gasteiger charge is 2.32. The van der Waals surface area contributed by atoms with Gasteiger partial charge in [-0.1, -0.05) is 0 Å². The van der Waals surface area contributed by atoms with Crippen LogP contribution >= 0.6 is 0 Å². The average molecular weight is 262 g/mol. The molecule has 1 saturated heterocycles. The van der Waals surface area contributed by atoms with Crippen LogP contribution in [-0.4, -0.2) is 38.4 Å². The van der Waals surface area contributed by atoms with Gasteiger partial charge in [-0.15, -0.1) is 0 Å². The second-order valence-electron chi connectivity index (χ2n) is 6.06. The van der Waals surface area contributed by atoms with Gasteiger partial charge in [0.1, 0.15) is 13.2 Å². The number of hydrogen-bond donors (Lipinski definition) is 1. The van der Waals surface area contributed by atoms with E-state index in [1.54, 1.807) is 0 Å². The highest BCUT2D eigenvalue weighted by Crippen LogP contribution is 2.35. The van der Waals surface area contributed by atoms with Crippen LogP contribution in [0, 0.1) is 0 Å². The highest BCUT2D eigenvalue weighted by molar-refractivity contribution is 5.57. The Morgan fingerprint density at radius 2 is 1.95 bits per heavy atom. The molecule has 0 spiro atoms. The number of anilines is 1. The van der Waals surface area contributed by atoms with E-state index >= 15 is 0 Å². The molecule has 1 aromatic rings. The fourth-order valence-corrected chi connectivity index (χ4v) is 2.86. The summed E-state index contributed by atoms with van der Waals surface area (Å²) in [6, 6.07) is 6.73. The van der Waals surface area contributed by atoms with Crippen molar-refractivity contribution < 1.29 is 9.47 Å². The Morgan fingerprint density at radius 3 is 2.63 bits per heavy atom. The van der Waals surface area contributed by atoms with Crippen LogP contribution in [0.4, 0.5) is 5.69 Å². The van der Waals surface area contributed by atoms with Crippen LogP contribution in [0.5, 0.6) is 11.5 Å². The maximum absolute atomic E-state index is 5.65. The fraction of sp³-hybridized carbons (Fsp3) is 0.600. The lowest BCUT2D eigenvalue weighted by atomic mass is 10.0. The summed E-state index contributed by atoms with van der Waals surface area (Å²) in [7, 11) is 2.15. The molecule has 0 amide bonds. The molecule has 2 aliphatic heterocycles. The Hall–Kier alpha value is -1.42.